The number of hydrogen-bond donors (Lipinski definition) is 0. The fourth-order valence-electron chi connectivity index (χ4n) is 1.60. The molecule has 0 unspecified atom stereocenters. The Kier molecular flexibility index (Phi) is 3.82. The van der Waals surface area contributed by atoms with Crippen LogP contribution in [-0.4, -0.2) is 9.45 Å². The Morgan fingerprint density at radius 2 is 1.83 bits per heavy atom. The highest BCUT2D eigenvalue weighted by Crippen LogP contribution is 2.37. The van der Waals surface area contributed by atoms with Crippen molar-refractivity contribution >= 4 is 51.5 Å². The zero-order valence-corrected chi connectivity index (χ0v) is 11.4. The number of nitrogens with zero attached hydrogens (tertiary/aromatic N) is 1. The van der Waals surface area contributed by atoms with Crippen molar-refractivity contribution in [3.05, 3.63) is 48.0 Å². The van der Waals surface area contributed by atoms with Gasteiger partial charge in [0.15, 0.2) is 0 Å². The Balaban J connectivity index is 2.43. The third-order valence-corrected chi connectivity index (χ3v) is 3.79. The molecule has 0 aromatic heterocycles. The Morgan fingerprint density at radius 3 is 2.50 bits per heavy atom. The van der Waals surface area contributed by atoms with Gasteiger partial charge in [-0.3, -0.25) is 4.79 Å². The number of rotatable bonds is 3. The number of carbonyl (C=O) groups excluding carboxylic acids is 1. The molecule has 0 N–H and O–H groups in total. The van der Waals surface area contributed by atoms with E-state index in [2.05, 4.69) is 0 Å². The minimum absolute atomic E-state index is 0.390. The second kappa shape index (κ2) is 5.19. The van der Waals surface area contributed by atoms with Crippen LogP contribution in [0.15, 0.2) is 42.5 Å². The lowest BCUT2D eigenvalue weighted by molar-refractivity contribution is 0.0999. The molecule has 18 heavy (non-hydrogen) atoms. The van der Waals surface area contributed by atoms with Gasteiger partial charge in [0.1, 0.15) is 5.40 Å². The Labute approximate surface area is 118 Å². The summed E-state index contributed by atoms with van der Waals surface area (Å²) in [7, 11) is 0. The van der Waals surface area contributed by atoms with Crippen LogP contribution < -0.4 is 0 Å². The molecule has 0 heterocycles. The lowest BCUT2D eigenvalue weighted by atomic mass is 10.1. The van der Waals surface area contributed by atoms with Crippen molar-refractivity contribution in [3.8, 4) is 5.40 Å². The van der Waals surface area contributed by atoms with E-state index < -0.39 is 9.45 Å². The van der Waals surface area contributed by atoms with E-state index >= 15 is 0 Å². The molecule has 2 rings (SSSR count). The average Bonchev–Trinajstić information content (AvgIpc) is 2.37. The molecule has 0 spiro atoms. The molecule has 5 heteroatoms. The minimum atomic E-state index is -1.77. The standard InChI is InChI=1S/C13H7Cl2NOS/c14-13(15,18-8-16)12(17)11-6-5-9-3-1-2-4-10(9)7-11/h1-7H. The highest BCUT2D eigenvalue weighted by Gasteiger charge is 2.35. The Bertz CT molecular complexity index is 649. The molecule has 0 saturated heterocycles. The van der Waals surface area contributed by atoms with E-state index in [1.54, 1.807) is 17.5 Å². The zero-order chi connectivity index (χ0) is 13.2. The average molecular weight is 296 g/mol. The van der Waals surface area contributed by atoms with E-state index in [1.807, 2.05) is 30.3 Å². The maximum Gasteiger partial charge on any atom is 0.238 e. The van der Waals surface area contributed by atoms with E-state index in [4.69, 9.17) is 28.5 Å². The number of halogens is 2. The summed E-state index contributed by atoms with van der Waals surface area (Å²) in [5.74, 6) is -0.483. The maximum absolute atomic E-state index is 12.1. The molecule has 0 saturated carbocycles. The normalized spacial score (nSPS) is 11.2. The number of ketones is 1. The van der Waals surface area contributed by atoms with Gasteiger partial charge in [-0.05, 0) is 16.8 Å². The van der Waals surface area contributed by atoms with Crippen molar-refractivity contribution in [1.29, 1.82) is 5.26 Å². The quantitative estimate of drug-likeness (QED) is 0.480. The minimum Gasteiger partial charge on any atom is -0.290 e. The molecule has 0 aliphatic carbocycles. The van der Waals surface area contributed by atoms with E-state index in [9.17, 15) is 4.79 Å². The summed E-state index contributed by atoms with van der Waals surface area (Å²) < 4.78 is -1.77. The summed E-state index contributed by atoms with van der Waals surface area (Å²) in [5, 5.41) is 12.2. The van der Waals surface area contributed by atoms with Crippen LogP contribution in [0.5, 0.6) is 0 Å². The van der Waals surface area contributed by atoms with Gasteiger partial charge in [-0.2, -0.15) is 5.26 Å². The van der Waals surface area contributed by atoms with Gasteiger partial charge in [-0.1, -0.05) is 59.6 Å². The molecular formula is C13H7Cl2NOS. The first kappa shape index (κ1) is 13.2. The third-order valence-electron chi connectivity index (χ3n) is 2.45. The van der Waals surface area contributed by atoms with Gasteiger partial charge >= 0.3 is 0 Å². The lowest BCUT2D eigenvalue weighted by Gasteiger charge is -2.13. The fraction of sp³-hybridized carbons (Fsp3) is 0.0769. The molecule has 0 amide bonds. The number of thioether (sulfide) groups is 1. The molecule has 0 atom stereocenters. The molecule has 0 radical (unpaired) electrons. The van der Waals surface area contributed by atoms with Crippen molar-refractivity contribution in [3.63, 3.8) is 0 Å². The number of alkyl halides is 2. The second-order valence-electron chi connectivity index (χ2n) is 3.60. The van der Waals surface area contributed by atoms with Crippen LogP contribution >= 0.6 is 35.0 Å². The number of Topliss-reactive ketones (excluding diaryl/α,β-unsaturated/α-hetero) is 1. The number of nitriles is 1. The maximum atomic E-state index is 12.1. The van der Waals surface area contributed by atoms with Crippen molar-refractivity contribution < 1.29 is 4.79 Å². The largest absolute Gasteiger partial charge is 0.290 e. The zero-order valence-electron chi connectivity index (χ0n) is 9.06. The predicted molar refractivity (Wildman–Crippen MR) is 75.9 cm³/mol. The van der Waals surface area contributed by atoms with Gasteiger partial charge in [0.05, 0.1) is 0 Å². The summed E-state index contributed by atoms with van der Waals surface area (Å²) in [6.45, 7) is 0. The number of fused-ring (bicyclic) bond motifs is 1. The van der Waals surface area contributed by atoms with Gasteiger partial charge in [-0.25, -0.2) is 0 Å². The topological polar surface area (TPSA) is 40.9 Å². The first-order chi connectivity index (χ1) is 8.54. The van der Waals surface area contributed by atoms with E-state index in [0.29, 0.717) is 17.3 Å². The van der Waals surface area contributed by atoms with Crippen molar-refractivity contribution in [1.82, 2.24) is 0 Å². The van der Waals surface area contributed by atoms with Crippen LogP contribution in [0.25, 0.3) is 10.8 Å². The van der Waals surface area contributed by atoms with Gasteiger partial charge in [0, 0.05) is 17.3 Å². The van der Waals surface area contributed by atoms with Crippen LogP contribution in [0.1, 0.15) is 10.4 Å². The monoisotopic (exact) mass is 295 g/mol. The second-order valence-corrected chi connectivity index (χ2v) is 6.38. The van der Waals surface area contributed by atoms with Crippen LogP contribution in [0.2, 0.25) is 0 Å². The summed E-state index contributed by atoms with van der Waals surface area (Å²) in [4.78, 5) is 12.1. The SMILES string of the molecule is N#CSC(Cl)(Cl)C(=O)c1ccc2ccccc2c1. The van der Waals surface area contributed by atoms with Gasteiger partial charge in [0.25, 0.3) is 0 Å². The van der Waals surface area contributed by atoms with Crippen LogP contribution in [-0.2, 0) is 0 Å². The molecule has 0 bridgehead atoms. The van der Waals surface area contributed by atoms with Gasteiger partial charge in [0.2, 0.25) is 9.45 Å². The number of carbonyl (C=O) groups is 1. The number of thiocyanates is 1. The van der Waals surface area contributed by atoms with Crippen molar-refractivity contribution in [2.24, 2.45) is 0 Å². The molecule has 2 aromatic carbocycles. The number of benzene rings is 2. The van der Waals surface area contributed by atoms with Gasteiger partial charge < -0.3 is 0 Å². The molecule has 0 fully saturated rings. The van der Waals surface area contributed by atoms with E-state index in [0.717, 1.165) is 10.8 Å². The summed E-state index contributed by atoms with van der Waals surface area (Å²) in [6.07, 6.45) is 0. The highest BCUT2D eigenvalue weighted by atomic mass is 35.5. The Morgan fingerprint density at radius 1 is 1.17 bits per heavy atom. The first-order valence-corrected chi connectivity index (χ1v) is 6.60. The van der Waals surface area contributed by atoms with Crippen molar-refractivity contribution in [2.75, 3.05) is 0 Å². The highest BCUT2D eigenvalue weighted by molar-refractivity contribution is 8.08. The molecular weight excluding hydrogens is 289 g/mol. The summed E-state index contributed by atoms with van der Waals surface area (Å²) >= 11 is 12.2. The number of hydrogen-bond acceptors (Lipinski definition) is 3. The lowest BCUT2D eigenvalue weighted by Crippen LogP contribution is -2.21. The molecule has 2 aromatic rings. The Hall–Kier alpha value is -1.21. The van der Waals surface area contributed by atoms with Gasteiger partial charge in [-0.15, -0.1) is 0 Å². The molecule has 0 aliphatic heterocycles. The van der Waals surface area contributed by atoms with E-state index in [1.165, 1.54) is 0 Å². The molecule has 90 valence electrons. The third kappa shape index (κ3) is 2.62. The molecule has 0 aliphatic rings. The predicted octanol–water partition coefficient (Wildman–Crippen LogP) is 4.37. The smallest absolute Gasteiger partial charge is 0.238 e. The van der Waals surface area contributed by atoms with Crippen LogP contribution in [0, 0.1) is 10.7 Å². The fourth-order valence-corrected chi connectivity index (χ4v) is 2.35. The van der Waals surface area contributed by atoms with Crippen LogP contribution in [0.4, 0.5) is 0 Å². The van der Waals surface area contributed by atoms with E-state index in [-0.39, 0.29) is 0 Å². The summed E-state index contributed by atoms with van der Waals surface area (Å²) in [6, 6.07) is 12.8. The molecule has 2 nitrogen and oxygen atoms in total. The first-order valence-electron chi connectivity index (χ1n) is 5.03. The van der Waals surface area contributed by atoms with Crippen LogP contribution in [0.3, 0.4) is 0 Å². The van der Waals surface area contributed by atoms with Crippen molar-refractivity contribution in [2.45, 2.75) is 3.67 Å². The summed E-state index contributed by atoms with van der Waals surface area (Å²) in [5.41, 5.74) is 0.390.